The summed E-state index contributed by atoms with van der Waals surface area (Å²) in [7, 11) is 0. The molecule has 9 heteroatoms. The molecule has 3 heterocycles. The predicted molar refractivity (Wildman–Crippen MR) is 71.9 cm³/mol. The van der Waals surface area contributed by atoms with Gasteiger partial charge in [-0.1, -0.05) is 5.10 Å². The number of rotatable bonds is 2. The highest BCUT2D eigenvalue weighted by molar-refractivity contribution is 9.10. The molecule has 19 heavy (non-hydrogen) atoms. The molecule has 0 amide bonds. The highest BCUT2D eigenvalue weighted by atomic mass is 79.9. The summed E-state index contributed by atoms with van der Waals surface area (Å²) in [5, 5.41) is 22.6. The summed E-state index contributed by atoms with van der Waals surface area (Å²) in [6.45, 7) is 1.69. The lowest BCUT2D eigenvalue weighted by atomic mass is 9.93. The van der Waals surface area contributed by atoms with Gasteiger partial charge in [0.05, 0.1) is 0 Å². The minimum absolute atomic E-state index is 0.334. The van der Waals surface area contributed by atoms with Crippen molar-refractivity contribution < 1.29 is 9.90 Å². The number of nitrogens with zero attached hydrogens (tertiary/aromatic N) is 5. The fourth-order valence-corrected chi connectivity index (χ4v) is 3.86. The average Bonchev–Trinajstić information content (AvgIpc) is 2.95. The normalized spacial score (nSPS) is 21.9. The summed E-state index contributed by atoms with van der Waals surface area (Å²) in [6.07, 6.45) is 0. The number of aliphatic imine (C=N–C) groups is 1. The first-order valence-corrected chi connectivity index (χ1v) is 7.05. The van der Waals surface area contributed by atoms with Crippen molar-refractivity contribution in [3.05, 3.63) is 20.8 Å². The van der Waals surface area contributed by atoms with Crippen molar-refractivity contribution in [2.45, 2.75) is 13.0 Å². The molecular weight excluding hydrogens is 334 g/mol. The number of aromatic nitrogens is 4. The molecule has 0 saturated carbocycles. The van der Waals surface area contributed by atoms with Crippen molar-refractivity contribution in [1.82, 2.24) is 20.2 Å². The average molecular weight is 342 g/mol. The van der Waals surface area contributed by atoms with Crippen molar-refractivity contribution >= 4 is 44.9 Å². The van der Waals surface area contributed by atoms with E-state index in [0.717, 1.165) is 9.35 Å². The third kappa shape index (κ3) is 1.89. The Morgan fingerprint density at radius 3 is 3.00 bits per heavy atom. The monoisotopic (exact) mass is 341 g/mol. The van der Waals surface area contributed by atoms with Crippen LogP contribution in [0.25, 0.3) is 0 Å². The number of hydrogen-bond donors (Lipinski definition) is 1. The number of tetrazole rings is 1. The SMILES string of the molecule is CC1=Nc2nnnn2C(c2sccc2Br)C1C(=O)O. The quantitative estimate of drug-likeness (QED) is 0.900. The van der Waals surface area contributed by atoms with Gasteiger partial charge in [-0.25, -0.2) is 9.67 Å². The molecule has 0 spiro atoms. The van der Waals surface area contributed by atoms with Crippen molar-refractivity contribution in [2.75, 3.05) is 0 Å². The number of aliphatic carboxylic acids is 1. The van der Waals surface area contributed by atoms with Crippen molar-refractivity contribution in [2.24, 2.45) is 10.9 Å². The molecule has 0 fully saturated rings. The molecule has 98 valence electrons. The second kappa shape index (κ2) is 4.49. The minimum atomic E-state index is -0.937. The number of hydrogen-bond acceptors (Lipinski definition) is 6. The Hall–Kier alpha value is -1.61. The summed E-state index contributed by atoms with van der Waals surface area (Å²) in [5.74, 6) is -1.38. The van der Waals surface area contributed by atoms with Crippen molar-refractivity contribution in [3.63, 3.8) is 0 Å². The van der Waals surface area contributed by atoms with Crippen LogP contribution in [0.3, 0.4) is 0 Å². The molecule has 0 bridgehead atoms. The zero-order valence-electron chi connectivity index (χ0n) is 9.69. The van der Waals surface area contributed by atoms with E-state index < -0.39 is 17.9 Å². The zero-order valence-corrected chi connectivity index (χ0v) is 12.1. The fraction of sp³-hybridized carbons (Fsp3) is 0.300. The Labute approximate surface area is 120 Å². The van der Waals surface area contributed by atoms with E-state index in [-0.39, 0.29) is 0 Å². The van der Waals surface area contributed by atoms with Crippen LogP contribution in [-0.4, -0.2) is 37.0 Å². The van der Waals surface area contributed by atoms with Crippen LogP contribution in [0.5, 0.6) is 0 Å². The van der Waals surface area contributed by atoms with Crippen LogP contribution < -0.4 is 0 Å². The van der Waals surface area contributed by atoms with Crippen LogP contribution >= 0.6 is 27.3 Å². The number of fused-ring (bicyclic) bond motifs is 1. The van der Waals surface area contributed by atoms with Gasteiger partial charge >= 0.3 is 5.97 Å². The lowest BCUT2D eigenvalue weighted by Gasteiger charge is -2.26. The van der Waals surface area contributed by atoms with Crippen LogP contribution in [0.15, 0.2) is 20.9 Å². The molecule has 0 aromatic carbocycles. The summed E-state index contributed by atoms with van der Waals surface area (Å²) in [5.41, 5.74) is 0.500. The van der Waals surface area contributed by atoms with Gasteiger partial charge in [0, 0.05) is 15.1 Å². The fourth-order valence-electron chi connectivity index (χ4n) is 2.13. The van der Waals surface area contributed by atoms with E-state index in [2.05, 4.69) is 36.4 Å². The van der Waals surface area contributed by atoms with E-state index in [1.54, 1.807) is 6.92 Å². The summed E-state index contributed by atoms with van der Waals surface area (Å²) in [6, 6.07) is 1.40. The van der Waals surface area contributed by atoms with E-state index in [9.17, 15) is 9.90 Å². The van der Waals surface area contributed by atoms with Gasteiger partial charge in [-0.2, -0.15) is 0 Å². The molecule has 0 radical (unpaired) electrons. The number of halogens is 1. The third-order valence-electron chi connectivity index (χ3n) is 2.96. The number of carbonyl (C=O) groups is 1. The van der Waals surface area contributed by atoms with Crippen LogP contribution in [-0.2, 0) is 4.79 Å². The number of carboxylic acid groups (broad SMARTS) is 1. The van der Waals surface area contributed by atoms with Crippen LogP contribution in [0, 0.1) is 5.92 Å². The molecular formula is C10H8BrN5O2S. The standard InChI is InChI=1S/C10H8BrN5O2S/c1-4-6(9(17)18)7(8-5(11)2-3-19-8)16-10(12-4)13-14-15-16/h2-3,6-7H,1H3,(H,17,18). The maximum Gasteiger partial charge on any atom is 0.314 e. The number of carboxylic acids is 1. The van der Waals surface area contributed by atoms with Gasteiger partial charge in [0.25, 0.3) is 5.95 Å². The predicted octanol–water partition coefficient (Wildman–Crippen LogP) is 1.89. The molecule has 2 aromatic rings. The number of thiophene rings is 1. The van der Waals surface area contributed by atoms with Gasteiger partial charge in [0.2, 0.25) is 0 Å². The molecule has 1 aliphatic heterocycles. The van der Waals surface area contributed by atoms with E-state index in [1.165, 1.54) is 16.0 Å². The van der Waals surface area contributed by atoms with E-state index in [1.807, 2.05) is 11.4 Å². The van der Waals surface area contributed by atoms with Gasteiger partial charge in [0.15, 0.2) is 0 Å². The van der Waals surface area contributed by atoms with Crippen LogP contribution in [0.1, 0.15) is 17.8 Å². The van der Waals surface area contributed by atoms with Gasteiger partial charge in [-0.15, -0.1) is 11.3 Å². The van der Waals surface area contributed by atoms with Crippen LogP contribution in [0.2, 0.25) is 0 Å². The molecule has 3 rings (SSSR count). The second-order valence-corrected chi connectivity index (χ2v) is 5.87. The Morgan fingerprint density at radius 1 is 1.58 bits per heavy atom. The molecule has 0 aliphatic carbocycles. The zero-order chi connectivity index (χ0) is 13.6. The molecule has 2 unspecified atom stereocenters. The van der Waals surface area contributed by atoms with E-state index in [4.69, 9.17) is 0 Å². The summed E-state index contributed by atoms with van der Waals surface area (Å²) in [4.78, 5) is 16.6. The maximum absolute atomic E-state index is 11.5. The van der Waals surface area contributed by atoms with E-state index >= 15 is 0 Å². The molecule has 1 aliphatic rings. The largest absolute Gasteiger partial charge is 0.481 e. The van der Waals surface area contributed by atoms with Crippen LogP contribution in [0.4, 0.5) is 5.95 Å². The molecule has 1 N–H and O–H groups in total. The molecule has 2 aromatic heterocycles. The topological polar surface area (TPSA) is 93.3 Å². The second-order valence-electron chi connectivity index (χ2n) is 4.07. The summed E-state index contributed by atoms with van der Waals surface area (Å²) < 4.78 is 2.31. The molecule has 2 atom stereocenters. The molecule has 0 saturated heterocycles. The minimum Gasteiger partial charge on any atom is -0.481 e. The Bertz CT molecular complexity index is 679. The van der Waals surface area contributed by atoms with Gasteiger partial charge in [-0.05, 0) is 44.7 Å². The first-order chi connectivity index (χ1) is 9.09. The Balaban J connectivity index is 2.21. The van der Waals surface area contributed by atoms with Crippen molar-refractivity contribution in [3.8, 4) is 0 Å². The smallest absolute Gasteiger partial charge is 0.314 e. The van der Waals surface area contributed by atoms with Gasteiger partial charge < -0.3 is 5.11 Å². The first kappa shape index (κ1) is 12.4. The van der Waals surface area contributed by atoms with Gasteiger partial charge in [-0.3, -0.25) is 4.79 Å². The van der Waals surface area contributed by atoms with Crippen molar-refractivity contribution in [1.29, 1.82) is 0 Å². The Kier molecular flexibility index (Phi) is 2.94. The Morgan fingerprint density at radius 2 is 2.37 bits per heavy atom. The first-order valence-electron chi connectivity index (χ1n) is 5.38. The maximum atomic E-state index is 11.5. The highest BCUT2D eigenvalue weighted by Gasteiger charge is 2.40. The third-order valence-corrected chi connectivity index (χ3v) is 4.90. The van der Waals surface area contributed by atoms with Gasteiger partial charge in [0.1, 0.15) is 12.0 Å². The summed E-state index contributed by atoms with van der Waals surface area (Å²) >= 11 is 4.90. The lowest BCUT2D eigenvalue weighted by Crippen LogP contribution is -2.35. The highest BCUT2D eigenvalue weighted by Crippen LogP contribution is 2.40. The van der Waals surface area contributed by atoms with E-state index in [0.29, 0.717) is 11.7 Å². The molecule has 7 nitrogen and oxygen atoms in total. The lowest BCUT2D eigenvalue weighted by molar-refractivity contribution is -0.140.